The fourth-order valence-electron chi connectivity index (χ4n) is 1.46. The maximum atomic E-state index is 11.9. The second-order valence-electron chi connectivity index (χ2n) is 4.13. The van der Waals surface area contributed by atoms with Crippen molar-refractivity contribution in [3.8, 4) is 0 Å². The predicted molar refractivity (Wildman–Crippen MR) is 63.8 cm³/mol. The molecule has 0 aliphatic carbocycles. The molecule has 1 heterocycles. The van der Waals surface area contributed by atoms with Crippen LogP contribution in [0, 0.1) is 5.92 Å². The van der Waals surface area contributed by atoms with Crippen LogP contribution in [0.3, 0.4) is 0 Å². The Bertz CT molecular complexity index is 365. The topological polar surface area (TPSA) is 71.2 Å². The van der Waals surface area contributed by atoms with Crippen LogP contribution in [0.15, 0.2) is 18.2 Å². The van der Waals surface area contributed by atoms with E-state index in [-0.39, 0.29) is 5.91 Å². The summed E-state index contributed by atoms with van der Waals surface area (Å²) in [7, 11) is 1.77. The number of nitrogen functional groups attached to an aromatic ring is 1. The van der Waals surface area contributed by atoms with Gasteiger partial charge in [0.1, 0.15) is 11.5 Å². The van der Waals surface area contributed by atoms with Crippen molar-refractivity contribution in [2.24, 2.45) is 11.8 Å². The average molecular weight is 222 g/mol. The predicted octanol–water partition coefficient (Wildman–Crippen LogP) is 1.10. The third kappa shape index (κ3) is 3.20. The number of aromatic nitrogens is 1. The quantitative estimate of drug-likeness (QED) is 0.591. The lowest BCUT2D eigenvalue weighted by molar-refractivity contribution is 0.0773. The van der Waals surface area contributed by atoms with Gasteiger partial charge in [-0.15, -0.1) is 0 Å². The SMILES string of the molecule is CC(C)CN(C)C(=O)c1cccc(NN)n1. The lowest BCUT2D eigenvalue weighted by atomic mass is 10.2. The molecule has 16 heavy (non-hydrogen) atoms. The first kappa shape index (κ1) is 12.4. The number of rotatable bonds is 4. The normalized spacial score (nSPS) is 10.3. The van der Waals surface area contributed by atoms with Crippen LogP contribution in [-0.2, 0) is 0 Å². The van der Waals surface area contributed by atoms with E-state index >= 15 is 0 Å². The number of carbonyl (C=O) groups excluding carboxylic acids is 1. The van der Waals surface area contributed by atoms with Crippen molar-refractivity contribution < 1.29 is 4.79 Å². The molecule has 0 aromatic carbocycles. The van der Waals surface area contributed by atoms with E-state index < -0.39 is 0 Å². The molecule has 0 radical (unpaired) electrons. The van der Waals surface area contributed by atoms with E-state index in [0.29, 0.717) is 24.0 Å². The number of amides is 1. The summed E-state index contributed by atoms with van der Waals surface area (Å²) in [5, 5.41) is 0. The van der Waals surface area contributed by atoms with E-state index in [4.69, 9.17) is 5.84 Å². The Balaban J connectivity index is 2.79. The Labute approximate surface area is 95.6 Å². The number of hydrazine groups is 1. The molecular weight excluding hydrogens is 204 g/mol. The van der Waals surface area contributed by atoms with Gasteiger partial charge in [0.15, 0.2) is 0 Å². The summed E-state index contributed by atoms with van der Waals surface area (Å²) >= 11 is 0. The van der Waals surface area contributed by atoms with Crippen molar-refractivity contribution in [2.45, 2.75) is 13.8 Å². The molecule has 1 aromatic rings. The van der Waals surface area contributed by atoms with Crippen LogP contribution in [-0.4, -0.2) is 29.4 Å². The number of hydrogen-bond acceptors (Lipinski definition) is 4. The Kier molecular flexibility index (Phi) is 4.25. The average Bonchev–Trinajstić information content (AvgIpc) is 2.27. The van der Waals surface area contributed by atoms with Crippen LogP contribution in [0.4, 0.5) is 5.82 Å². The van der Waals surface area contributed by atoms with Crippen LogP contribution in [0.2, 0.25) is 0 Å². The summed E-state index contributed by atoms with van der Waals surface area (Å²) in [5.74, 6) is 6.07. The summed E-state index contributed by atoms with van der Waals surface area (Å²) in [4.78, 5) is 17.7. The molecule has 0 aliphatic rings. The van der Waals surface area contributed by atoms with E-state index in [1.54, 1.807) is 30.1 Å². The van der Waals surface area contributed by atoms with Gasteiger partial charge < -0.3 is 10.3 Å². The smallest absolute Gasteiger partial charge is 0.272 e. The van der Waals surface area contributed by atoms with E-state index in [1.807, 2.05) is 0 Å². The van der Waals surface area contributed by atoms with Gasteiger partial charge in [0.25, 0.3) is 5.91 Å². The monoisotopic (exact) mass is 222 g/mol. The highest BCUT2D eigenvalue weighted by Gasteiger charge is 2.14. The third-order valence-electron chi connectivity index (χ3n) is 2.10. The first-order chi connectivity index (χ1) is 7.54. The molecule has 1 rings (SSSR count). The van der Waals surface area contributed by atoms with Crippen molar-refractivity contribution in [1.82, 2.24) is 9.88 Å². The van der Waals surface area contributed by atoms with Gasteiger partial charge in [-0.3, -0.25) is 4.79 Å². The van der Waals surface area contributed by atoms with Crippen molar-refractivity contribution in [1.29, 1.82) is 0 Å². The van der Waals surface area contributed by atoms with Crippen LogP contribution in [0.25, 0.3) is 0 Å². The zero-order valence-corrected chi connectivity index (χ0v) is 9.90. The lowest BCUT2D eigenvalue weighted by Crippen LogP contribution is -2.31. The molecule has 0 bridgehead atoms. The Hall–Kier alpha value is -1.62. The van der Waals surface area contributed by atoms with Crippen molar-refractivity contribution in [2.75, 3.05) is 19.0 Å². The molecule has 5 nitrogen and oxygen atoms in total. The molecule has 5 heteroatoms. The minimum atomic E-state index is -0.0919. The summed E-state index contributed by atoms with van der Waals surface area (Å²) in [5.41, 5.74) is 2.82. The minimum absolute atomic E-state index is 0.0919. The van der Waals surface area contributed by atoms with Crippen LogP contribution in [0.1, 0.15) is 24.3 Å². The van der Waals surface area contributed by atoms with E-state index in [0.717, 1.165) is 0 Å². The summed E-state index contributed by atoms with van der Waals surface area (Å²) in [6.07, 6.45) is 0. The number of carbonyl (C=O) groups is 1. The fourth-order valence-corrected chi connectivity index (χ4v) is 1.46. The van der Waals surface area contributed by atoms with Gasteiger partial charge in [-0.2, -0.15) is 0 Å². The molecule has 0 saturated carbocycles. The highest BCUT2D eigenvalue weighted by Crippen LogP contribution is 2.07. The van der Waals surface area contributed by atoms with E-state index in [9.17, 15) is 4.79 Å². The Morgan fingerprint density at radius 2 is 2.25 bits per heavy atom. The largest absolute Gasteiger partial charge is 0.340 e. The number of nitrogens with two attached hydrogens (primary N) is 1. The molecule has 88 valence electrons. The lowest BCUT2D eigenvalue weighted by Gasteiger charge is -2.19. The van der Waals surface area contributed by atoms with Crippen molar-refractivity contribution >= 4 is 11.7 Å². The number of nitrogens with zero attached hydrogens (tertiary/aromatic N) is 2. The minimum Gasteiger partial charge on any atom is -0.340 e. The first-order valence-electron chi connectivity index (χ1n) is 5.23. The molecule has 3 N–H and O–H groups in total. The number of nitrogens with one attached hydrogen (secondary N) is 1. The van der Waals surface area contributed by atoms with Gasteiger partial charge in [-0.1, -0.05) is 19.9 Å². The number of anilines is 1. The van der Waals surface area contributed by atoms with Gasteiger partial charge in [0, 0.05) is 13.6 Å². The van der Waals surface area contributed by atoms with Crippen molar-refractivity contribution in [3.63, 3.8) is 0 Å². The maximum Gasteiger partial charge on any atom is 0.272 e. The second-order valence-corrected chi connectivity index (χ2v) is 4.13. The molecule has 0 atom stereocenters. The van der Waals surface area contributed by atoms with Crippen molar-refractivity contribution in [3.05, 3.63) is 23.9 Å². The number of hydrogen-bond donors (Lipinski definition) is 2. The summed E-state index contributed by atoms with van der Waals surface area (Å²) in [6, 6.07) is 5.14. The van der Waals surface area contributed by atoms with Crippen LogP contribution >= 0.6 is 0 Å². The van der Waals surface area contributed by atoms with Gasteiger partial charge >= 0.3 is 0 Å². The van der Waals surface area contributed by atoms with Crippen LogP contribution < -0.4 is 11.3 Å². The third-order valence-corrected chi connectivity index (χ3v) is 2.10. The highest BCUT2D eigenvalue weighted by molar-refractivity contribution is 5.92. The molecule has 0 spiro atoms. The van der Waals surface area contributed by atoms with Gasteiger partial charge in [-0.05, 0) is 18.1 Å². The summed E-state index contributed by atoms with van der Waals surface area (Å²) < 4.78 is 0. The van der Waals surface area contributed by atoms with E-state index in [2.05, 4.69) is 24.3 Å². The number of pyridine rings is 1. The molecular formula is C11H18N4O. The first-order valence-corrected chi connectivity index (χ1v) is 5.23. The molecule has 1 amide bonds. The Morgan fingerprint density at radius 1 is 1.56 bits per heavy atom. The molecule has 0 aliphatic heterocycles. The van der Waals surface area contributed by atoms with Gasteiger partial charge in [0.2, 0.25) is 0 Å². The van der Waals surface area contributed by atoms with Crippen LogP contribution in [0.5, 0.6) is 0 Å². The molecule has 1 aromatic heterocycles. The van der Waals surface area contributed by atoms with E-state index in [1.165, 1.54) is 0 Å². The standard InChI is InChI=1S/C11H18N4O/c1-8(2)7-15(3)11(16)9-5-4-6-10(13-9)14-12/h4-6,8H,7,12H2,1-3H3,(H,13,14). The summed E-state index contributed by atoms with van der Waals surface area (Å²) in [6.45, 7) is 4.84. The van der Waals surface area contributed by atoms with Gasteiger partial charge in [0.05, 0.1) is 0 Å². The molecule has 0 saturated heterocycles. The van der Waals surface area contributed by atoms with Gasteiger partial charge in [-0.25, -0.2) is 10.8 Å². The maximum absolute atomic E-state index is 11.9. The fraction of sp³-hybridized carbons (Fsp3) is 0.455. The Morgan fingerprint density at radius 3 is 2.81 bits per heavy atom. The zero-order chi connectivity index (χ0) is 12.1. The molecule has 0 unspecified atom stereocenters. The second kappa shape index (κ2) is 5.46. The molecule has 0 fully saturated rings. The highest BCUT2D eigenvalue weighted by atomic mass is 16.2. The zero-order valence-electron chi connectivity index (χ0n) is 9.90.